The highest BCUT2D eigenvalue weighted by molar-refractivity contribution is 9.10. The third kappa shape index (κ3) is 3.27. The van der Waals surface area contributed by atoms with Gasteiger partial charge in [-0.15, -0.1) is 22.9 Å². The Balaban J connectivity index is 2.47. The minimum absolute atomic E-state index is 0.348. The van der Waals surface area contributed by atoms with Gasteiger partial charge in [0, 0.05) is 9.35 Å². The fraction of sp³-hybridized carbons (Fsp3) is 0.167. The van der Waals surface area contributed by atoms with Crippen molar-refractivity contribution in [3.05, 3.63) is 55.1 Å². The molecule has 0 saturated heterocycles. The average molecular weight is 390 g/mol. The summed E-state index contributed by atoms with van der Waals surface area (Å²) in [5.74, 6) is 0. The molecule has 102 valence electrons. The molecule has 1 heterocycles. The van der Waals surface area contributed by atoms with Crippen molar-refractivity contribution in [2.75, 3.05) is 0 Å². The normalized spacial score (nSPS) is 13.6. The van der Waals surface area contributed by atoms with Gasteiger partial charge < -0.3 is 0 Å². The van der Waals surface area contributed by atoms with Crippen molar-refractivity contribution < 1.29 is 13.2 Å². The van der Waals surface area contributed by atoms with Crippen LogP contribution < -0.4 is 0 Å². The highest BCUT2D eigenvalue weighted by Crippen LogP contribution is 2.42. The highest BCUT2D eigenvalue weighted by Gasteiger charge is 2.32. The van der Waals surface area contributed by atoms with Crippen molar-refractivity contribution in [1.82, 2.24) is 0 Å². The molecule has 0 radical (unpaired) electrons. The van der Waals surface area contributed by atoms with Crippen LogP contribution in [0.2, 0.25) is 5.02 Å². The van der Waals surface area contributed by atoms with Crippen molar-refractivity contribution in [2.45, 2.75) is 11.6 Å². The SMILES string of the molecule is FC(F)(F)c1ccc(Br)c(C(Cl)c2sccc2Cl)c1. The van der Waals surface area contributed by atoms with Crippen LogP contribution in [0.1, 0.15) is 21.4 Å². The Morgan fingerprint density at radius 3 is 2.42 bits per heavy atom. The lowest BCUT2D eigenvalue weighted by Gasteiger charge is -2.14. The van der Waals surface area contributed by atoms with Gasteiger partial charge in [0.1, 0.15) is 0 Å². The maximum absolute atomic E-state index is 12.7. The zero-order chi connectivity index (χ0) is 14.2. The molecule has 0 aliphatic heterocycles. The van der Waals surface area contributed by atoms with Gasteiger partial charge in [0.2, 0.25) is 0 Å². The number of alkyl halides is 4. The summed E-state index contributed by atoms with van der Waals surface area (Å²) < 4.78 is 38.6. The van der Waals surface area contributed by atoms with Gasteiger partial charge >= 0.3 is 6.18 Å². The highest BCUT2D eigenvalue weighted by atomic mass is 79.9. The second-order valence-corrected chi connectivity index (χ2v) is 6.38. The van der Waals surface area contributed by atoms with Gasteiger partial charge in [-0.1, -0.05) is 27.5 Å². The van der Waals surface area contributed by atoms with Crippen molar-refractivity contribution >= 4 is 50.5 Å². The summed E-state index contributed by atoms with van der Waals surface area (Å²) in [6, 6.07) is 5.05. The van der Waals surface area contributed by atoms with Crippen LogP contribution in [-0.2, 0) is 6.18 Å². The van der Waals surface area contributed by atoms with Crippen molar-refractivity contribution in [1.29, 1.82) is 0 Å². The molecule has 1 aromatic carbocycles. The second kappa shape index (κ2) is 5.64. The second-order valence-electron chi connectivity index (χ2n) is 3.73. The summed E-state index contributed by atoms with van der Waals surface area (Å²) in [7, 11) is 0. The van der Waals surface area contributed by atoms with Crippen LogP contribution in [0.4, 0.5) is 13.2 Å². The summed E-state index contributed by atoms with van der Waals surface area (Å²) in [6.07, 6.45) is -4.40. The number of rotatable bonds is 2. The molecule has 0 bridgehead atoms. The number of thiophene rings is 1. The fourth-order valence-electron chi connectivity index (χ4n) is 1.54. The van der Waals surface area contributed by atoms with E-state index in [-0.39, 0.29) is 0 Å². The first kappa shape index (κ1) is 15.2. The zero-order valence-corrected chi connectivity index (χ0v) is 13.1. The standard InChI is InChI=1S/C12H6BrCl2F3S/c13-8-2-1-6(12(16,17)18)5-7(8)10(15)11-9(14)3-4-19-11/h1-5,10H. The van der Waals surface area contributed by atoms with E-state index < -0.39 is 17.1 Å². The molecule has 0 spiro atoms. The first-order valence-corrected chi connectivity index (χ1v) is 7.53. The van der Waals surface area contributed by atoms with E-state index in [2.05, 4.69) is 15.9 Å². The smallest absolute Gasteiger partial charge is 0.166 e. The lowest BCUT2D eigenvalue weighted by atomic mass is 10.1. The molecule has 0 amide bonds. The fourth-order valence-corrected chi connectivity index (χ4v) is 3.82. The molecular formula is C12H6BrCl2F3S. The first-order chi connectivity index (χ1) is 8.80. The Hall–Kier alpha value is -0.230. The first-order valence-electron chi connectivity index (χ1n) is 5.04. The molecular weight excluding hydrogens is 384 g/mol. The van der Waals surface area contributed by atoms with E-state index in [0.717, 1.165) is 12.1 Å². The van der Waals surface area contributed by atoms with Crippen LogP contribution in [0.15, 0.2) is 34.1 Å². The van der Waals surface area contributed by atoms with E-state index in [9.17, 15) is 13.2 Å². The van der Waals surface area contributed by atoms with Crippen LogP contribution in [-0.4, -0.2) is 0 Å². The Morgan fingerprint density at radius 2 is 1.89 bits per heavy atom. The Kier molecular flexibility index (Phi) is 4.50. The molecule has 1 aromatic heterocycles. The molecule has 7 heteroatoms. The van der Waals surface area contributed by atoms with E-state index in [4.69, 9.17) is 23.2 Å². The molecule has 1 atom stereocenters. The van der Waals surface area contributed by atoms with Gasteiger partial charge in [-0.3, -0.25) is 0 Å². The van der Waals surface area contributed by atoms with Gasteiger partial charge in [0.15, 0.2) is 0 Å². The molecule has 0 fully saturated rings. The van der Waals surface area contributed by atoms with Crippen LogP contribution in [0.25, 0.3) is 0 Å². The lowest BCUT2D eigenvalue weighted by Crippen LogP contribution is -2.06. The maximum atomic E-state index is 12.7. The molecule has 0 nitrogen and oxygen atoms in total. The quantitative estimate of drug-likeness (QED) is 0.513. The zero-order valence-electron chi connectivity index (χ0n) is 9.14. The Morgan fingerprint density at radius 1 is 1.21 bits per heavy atom. The van der Waals surface area contributed by atoms with E-state index >= 15 is 0 Å². The third-order valence-corrected chi connectivity index (χ3v) is 5.20. The number of halogens is 6. The Bertz CT molecular complexity index is 595. The molecule has 2 aromatic rings. The summed E-state index contributed by atoms with van der Waals surface area (Å²) in [5, 5.41) is 1.48. The maximum Gasteiger partial charge on any atom is 0.416 e. The van der Waals surface area contributed by atoms with Crippen LogP contribution in [0, 0.1) is 0 Å². The summed E-state index contributed by atoms with van der Waals surface area (Å²) >= 11 is 16.7. The molecule has 19 heavy (non-hydrogen) atoms. The van der Waals surface area contributed by atoms with Gasteiger partial charge in [0.25, 0.3) is 0 Å². The van der Waals surface area contributed by atoms with Gasteiger partial charge in [-0.05, 0) is 35.2 Å². The van der Waals surface area contributed by atoms with Gasteiger partial charge in [-0.2, -0.15) is 13.2 Å². The van der Waals surface area contributed by atoms with Crippen molar-refractivity contribution in [3.8, 4) is 0 Å². The van der Waals surface area contributed by atoms with Crippen LogP contribution in [0.3, 0.4) is 0 Å². The van der Waals surface area contributed by atoms with Gasteiger partial charge in [0.05, 0.1) is 16.0 Å². The Labute approximate surface area is 130 Å². The van der Waals surface area contributed by atoms with E-state index in [1.54, 1.807) is 11.4 Å². The summed E-state index contributed by atoms with van der Waals surface area (Å²) in [4.78, 5) is 0.628. The minimum Gasteiger partial charge on any atom is -0.166 e. The molecule has 0 aliphatic rings. The lowest BCUT2D eigenvalue weighted by molar-refractivity contribution is -0.137. The largest absolute Gasteiger partial charge is 0.416 e. The molecule has 0 saturated carbocycles. The van der Waals surface area contributed by atoms with E-state index in [1.807, 2.05) is 0 Å². The molecule has 0 N–H and O–H groups in total. The molecule has 2 rings (SSSR count). The van der Waals surface area contributed by atoms with Crippen LogP contribution >= 0.6 is 50.5 Å². The third-order valence-electron chi connectivity index (χ3n) is 2.47. The monoisotopic (exact) mass is 388 g/mol. The predicted molar refractivity (Wildman–Crippen MR) is 76.2 cm³/mol. The number of benzene rings is 1. The number of hydrogen-bond acceptors (Lipinski definition) is 1. The predicted octanol–water partition coefficient (Wildman–Crippen LogP) is 6.51. The summed E-state index contributed by atoms with van der Waals surface area (Å²) in [5.41, 5.74) is -0.384. The molecule has 1 unspecified atom stereocenters. The van der Waals surface area contributed by atoms with Crippen LogP contribution in [0.5, 0.6) is 0 Å². The van der Waals surface area contributed by atoms with Crippen molar-refractivity contribution in [2.24, 2.45) is 0 Å². The number of hydrogen-bond donors (Lipinski definition) is 0. The average Bonchev–Trinajstić information content (AvgIpc) is 2.73. The van der Waals surface area contributed by atoms with E-state index in [1.165, 1.54) is 17.4 Å². The van der Waals surface area contributed by atoms with Gasteiger partial charge in [-0.25, -0.2) is 0 Å². The summed E-state index contributed by atoms with van der Waals surface area (Å²) in [6.45, 7) is 0. The topological polar surface area (TPSA) is 0 Å². The van der Waals surface area contributed by atoms with E-state index in [0.29, 0.717) is 19.9 Å². The van der Waals surface area contributed by atoms with Crippen molar-refractivity contribution in [3.63, 3.8) is 0 Å². The minimum atomic E-state index is -4.40. The molecule has 0 aliphatic carbocycles.